The molecular formula is C59H31N7S2. The molecule has 0 aliphatic rings. The van der Waals surface area contributed by atoms with E-state index in [0.29, 0.717) is 39.7 Å². The van der Waals surface area contributed by atoms with Gasteiger partial charge in [0.2, 0.25) is 0 Å². The van der Waals surface area contributed by atoms with Crippen LogP contribution in [0.3, 0.4) is 0 Å². The van der Waals surface area contributed by atoms with Crippen molar-refractivity contribution < 1.29 is 0 Å². The predicted octanol–water partition coefficient (Wildman–Crippen LogP) is 15.5. The minimum atomic E-state index is 0.399. The van der Waals surface area contributed by atoms with Gasteiger partial charge in [0.15, 0.2) is 17.5 Å². The van der Waals surface area contributed by atoms with E-state index in [1.165, 1.54) is 51.1 Å². The average molecular weight is 902 g/mol. The Bertz CT molecular complexity index is 4270. The molecule has 9 aromatic carbocycles. The summed E-state index contributed by atoms with van der Waals surface area (Å²) < 4.78 is 9.50. The maximum Gasteiger partial charge on any atom is 0.166 e. The standard InChI is InChI=1S/C59H31N7S2/c60-32-34-22-24-45(65-43-18-8-4-14-37(43)53-47(65)26-28-51-55(53)39-16-6-10-20-49(39)67-51)41(30-34)58-62-57(36-12-2-1-3-13-36)63-59(64-58)42-31-35(33-61)23-25-46(42)66-44-19-9-5-15-38(44)54-48(66)27-29-52-56(54)40-17-7-11-21-50(40)68-52/h1-31H. The van der Waals surface area contributed by atoms with Gasteiger partial charge in [-0.15, -0.1) is 22.7 Å². The van der Waals surface area contributed by atoms with E-state index >= 15 is 0 Å². The number of rotatable bonds is 5. The predicted molar refractivity (Wildman–Crippen MR) is 280 cm³/mol. The number of nitriles is 2. The van der Waals surface area contributed by atoms with E-state index in [-0.39, 0.29) is 0 Å². The molecule has 0 unspecified atom stereocenters. The van der Waals surface area contributed by atoms with Crippen molar-refractivity contribution in [3.63, 3.8) is 0 Å². The first-order valence-electron chi connectivity index (χ1n) is 22.2. The fourth-order valence-electron chi connectivity index (χ4n) is 10.4. The summed E-state index contributed by atoms with van der Waals surface area (Å²) in [6, 6.07) is 69.4. The van der Waals surface area contributed by atoms with Crippen LogP contribution in [0.2, 0.25) is 0 Å². The second kappa shape index (κ2) is 14.8. The van der Waals surface area contributed by atoms with Gasteiger partial charge in [0.05, 0.1) is 56.7 Å². The van der Waals surface area contributed by atoms with Crippen molar-refractivity contribution in [2.24, 2.45) is 0 Å². The molecule has 0 fully saturated rings. The molecule has 0 N–H and O–H groups in total. The third kappa shape index (κ3) is 5.58. The van der Waals surface area contributed by atoms with Gasteiger partial charge in [0, 0.05) is 78.6 Å². The smallest absolute Gasteiger partial charge is 0.166 e. The Kier molecular flexibility index (Phi) is 8.31. The zero-order chi connectivity index (χ0) is 45.0. The Labute approximate surface area is 395 Å². The molecule has 5 heterocycles. The van der Waals surface area contributed by atoms with Gasteiger partial charge in [-0.2, -0.15) is 10.5 Å². The first kappa shape index (κ1) is 38.3. The summed E-state index contributed by atoms with van der Waals surface area (Å²) in [5.41, 5.74) is 8.87. The number of benzene rings is 9. The van der Waals surface area contributed by atoms with Crippen LogP contribution < -0.4 is 0 Å². The van der Waals surface area contributed by atoms with Gasteiger partial charge in [-0.3, -0.25) is 0 Å². The van der Waals surface area contributed by atoms with E-state index in [2.05, 4.69) is 143 Å². The summed E-state index contributed by atoms with van der Waals surface area (Å²) in [4.78, 5) is 15.9. The zero-order valence-corrected chi connectivity index (χ0v) is 37.5. The van der Waals surface area contributed by atoms with E-state index in [9.17, 15) is 10.5 Å². The van der Waals surface area contributed by atoms with Crippen molar-refractivity contribution in [2.75, 3.05) is 0 Å². The maximum absolute atomic E-state index is 10.5. The minimum Gasteiger partial charge on any atom is -0.308 e. The molecule has 14 rings (SSSR count). The topological polar surface area (TPSA) is 96.1 Å². The lowest BCUT2D eigenvalue weighted by molar-refractivity contribution is 1.06. The lowest BCUT2D eigenvalue weighted by atomic mass is 10.0. The average Bonchev–Trinajstić information content (AvgIpc) is 4.16. The zero-order valence-electron chi connectivity index (χ0n) is 35.8. The monoisotopic (exact) mass is 901 g/mol. The third-order valence-corrected chi connectivity index (χ3v) is 15.5. The molecule has 0 saturated carbocycles. The van der Waals surface area contributed by atoms with Gasteiger partial charge in [-0.1, -0.05) is 103 Å². The fraction of sp³-hybridized carbons (Fsp3) is 0. The van der Waals surface area contributed by atoms with Crippen LogP contribution in [-0.2, 0) is 0 Å². The molecule has 0 atom stereocenters. The number of hydrogen-bond donors (Lipinski definition) is 0. The van der Waals surface area contributed by atoms with Crippen molar-refractivity contribution in [1.29, 1.82) is 10.5 Å². The molecule has 5 aromatic heterocycles. The van der Waals surface area contributed by atoms with Crippen molar-refractivity contribution in [2.45, 2.75) is 0 Å². The van der Waals surface area contributed by atoms with Gasteiger partial charge in [0.25, 0.3) is 0 Å². The fourth-order valence-corrected chi connectivity index (χ4v) is 12.6. The highest BCUT2D eigenvalue weighted by Gasteiger charge is 2.25. The third-order valence-electron chi connectivity index (χ3n) is 13.2. The van der Waals surface area contributed by atoms with Crippen molar-refractivity contribution in [3.8, 4) is 57.7 Å². The molecule has 7 nitrogen and oxygen atoms in total. The van der Waals surface area contributed by atoms with E-state index < -0.39 is 0 Å². The van der Waals surface area contributed by atoms with Crippen LogP contribution in [0.5, 0.6) is 0 Å². The number of aromatic nitrogens is 5. The molecule has 0 amide bonds. The lowest BCUT2D eigenvalue weighted by Crippen LogP contribution is -2.06. The number of thiophene rings is 2. The molecule has 68 heavy (non-hydrogen) atoms. The van der Waals surface area contributed by atoms with E-state index in [0.717, 1.165) is 49.8 Å². The van der Waals surface area contributed by atoms with Crippen LogP contribution in [-0.4, -0.2) is 24.1 Å². The number of fused-ring (bicyclic) bond motifs is 14. The van der Waals surface area contributed by atoms with Gasteiger partial charge in [-0.05, 0) is 84.9 Å². The van der Waals surface area contributed by atoms with Crippen molar-refractivity contribution in [3.05, 3.63) is 199 Å². The SMILES string of the molecule is N#Cc1ccc(-n2c3ccccc3c3c4c(ccc32)sc2ccccc24)c(-c2nc(-c3ccccc3)nc(-c3cc(C#N)ccc3-n3c4ccccc4c4c5c(ccc43)sc3ccccc35)n2)c1. The van der Waals surface area contributed by atoms with Crippen LogP contribution in [0.4, 0.5) is 0 Å². The minimum absolute atomic E-state index is 0.399. The van der Waals surface area contributed by atoms with Gasteiger partial charge in [-0.25, -0.2) is 15.0 Å². The Morgan fingerprint density at radius 1 is 0.353 bits per heavy atom. The van der Waals surface area contributed by atoms with Crippen LogP contribution in [0.25, 0.3) is 129 Å². The molecule has 0 saturated heterocycles. The number of hydrogen-bond acceptors (Lipinski definition) is 7. The summed E-state index contributed by atoms with van der Waals surface area (Å²) in [6.45, 7) is 0. The molecule has 0 radical (unpaired) electrons. The highest BCUT2D eigenvalue weighted by atomic mass is 32.1. The molecular weight excluding hydrogens is 871 g/mol. The van der Waals surface area contributed by atoms with Crippen molar-refractivity contribution >= 4 is 107 Å². The van der Waals surface area contributed by atoms with E-state index in [1.54, 1.807) is 22.7 Å². The Morgan fingerprint density at radius 2 is 0.779 bits per heavy atom. The normalized spacial score (nSPS) is 11.8. The largest absolute Gasteiger partial charge is 0.308 e. The second-order valence-corrected chi connectivity index (χ2v) is 19.1. The summed E-state index contributed by atoms with van der Waals surface area (Å²) in [7, 11) is 0. The first-order chi connectivity index (χ1) is 33.6. The Balaban J connectivity index is 1.07. The highest BCUT2D eigenvalue weighted by molar-refractivity contribution is 7.26. The molecule has 314 valence electrons. The summed E-state index contributed by atoms with van der Waals surface area (Å²) in [5, 5.41) is 30.5. The van der Waals surface area contributed by atoms with Crippen molar-refractivity contribution in [1.82, 2.24) is 24.1 Å². The molecule has 0 aliphatic carbocycles. The molecule has 9 heteroatoms. The lowest BCUT2D eigenvalue weighted by Gasteiger charge is -2.17. The maximum atomic E-state index is 10.5. The quantitative estimate of drug-likeness (QED) is 0.171. The highest BCUT2D eigenvalue weighted by Crippen LogP contribution is 2.47. The van der Waals surface area contributed by atoms with Gasteiger partial charge >= 0.3 is 0 Å². The van der Waals surface area contributed by atoms with Crippen LogP contribution in [0, 0.1) is 22.7 Å². The van der Waals surface area contributed by atoms with Crippen LogP contribution >= 0.6 is 22.7 Å². The summed E-state index contributed by atoms with van der Waals surface area (Å²) >= 11 is 3.61. The summed E-state index contributed by atoms with van der Waals surface area (Å²) in [6.07, 6.45) is 0. The molecule has 0 aliphatic heterocycles. The first-order valence-corrected chi connectivity index (χ1v) is 23.8. The second-order valence-electron chi connectivity index (χ2n) is 16.9. The molecule has 14 aromatic rings. The van der Waals surface area contributed by atoms with E-state index in [4.69, 9.17) is 15.0 Å². The van der Waals surface area contributed by atoms with Crippen LogP contribution in [0.15, 0.2) is 188 Å². The number of para-hydroxylation sites is 2. The molecule has 0 bridgehead atoms. The van der Waals surface area contributed by atoms with Gasteiger partial charge in [0.1, 0.15) is 0 Å². The Morgan fingerprint density at radius 3 is 1.26 bits per heavy atom. The number of nitrogens with zero attached hydrogens (tertiary/aromatic N) is 7. The molecule has 0 spiro atoms. The Hall–Kier alpha value is -8.99. The van der Waals surface area contributed by atoms with E-state index in [1.807, 2.05) is 66.7 Å². The summed E-state index contributed by atoms with van der Waals surface area (Å²) in [5.74, 6) is 1.27. The van der Waals surface area contributed by atoms with Crippen LogP contribution in [0.1, 0.15) is 11.1 Å². The van der Waals surface area contributed by atoms with Gasteiger partial charge < -0.3 is 9.13 Å².